The first-order valence-electron chi connectivity index (χ1n) is 11.8. The lowest BCUT2D eigenvalue weighted by atomic mass is 10.00. The van der Waals surface area contributed by atoms with Crippen molar-refractivity contribution in [3.8, 4) is 0 Å². The summed E-state index contributed by atoms with van der Waals surface area (Å²) in [6.07, 6.45) is 1.51. The van der Waals surface area contributed by atoms with Gasteiger partial charge >= 0.3 is 6.09 Å². The van der Waals surface area contributed by atoms with Gasteiger partial charge in [0.2, 0.25) is 11.8 Å². The van der Waals surface area contributed by atoms with Crippen LogP contribution in [0.4, 0.5) is 4.79 Å². The van der Waals surface area contributed by atoms with E-state index in [0.29, 0.717) is 38.5 Å². The molecule has 0 aliphatic heterocycles. The fraction of sp³-hybridized carbons (Fsp3) is 0.783. The van der Waals surface area contributed by atoms with Crippen LogP contribution in [-0.4, -0.2) is 60.4 Å². The van der Waals surface area contributed by atoms with Gasteiger partial charge in [0.1, 0.15) is 24.0 Å². The molecule has 0 aliphatic carbocycles. The van der Waals surface area contributed by atoms with Crippen LogP contribution in [0.5, 0.6) is 0 Å². The maximum atomic E-state index is 13.0. The summed E-state index contributed by atoms with van der Waals surface area (Å²) in [4.78, 5) is 53.5. The van der Waals surface area contributed by atoms with Gasteiger partial charge in [-0.3, -0.25) is 14.6 Å². The Labute approximate surface area is 203 Å². The molecule has 11 nitrogen and oxygen atoms in total. The SMILES string of the molecule is CC(C)C[C@H](NC(=O)OC(C)(C)C)C(=O)N[C@H](CC(C)C)C(=O)N[C@@H](C=O)CCCN=C(N)N. The van der Waals surface area contributed by atoms with Crippen LogP contribution >= 0.6 is 0 Å². The second-order valence-corrected chi connectivity index (χ2v) is 10.2. The van der Waals surface area contributed by atoms with E-state index in [1.165, 1.54) is 0 Å². The number of aliphatic imine (C=N–C) groups is 1. The average Bonchev–Trinajstić information content (AvgIpc) is 2.66. The molecule has 0 heterocycles. The number of carbonyl (C=O) groups is 4. The van der Waals surface area contributed by atoms with E-state index in [2.05, 4.69) is 20.9 Å². The molecular formula is C23H44N6O5. The number of ether oxygens (including phenoxy) is 1. The predicted octanol–water partition coefficient (Wildman–Crippen LogP) is 1.19. The third-order valence-corrected chi connectivity index (χ3v) is 4.51. The van der Waals surface area contributed by atoms with E-state index in [9.17, 15) is 19.2 Å². The van der Waals surface area contributed by atoms with Crippen molar-refractivity contribution < 1.29 is 23.9 Å². The molecule has 0 aromatic rings. The van der Waals surface area contributed by atoms with E-state index in [4.69, 9.17) is 16.2 Å². The Bertz CT molecular complexity index is 698. The van der Waals surface area contributed by atoms with E-state index < -0.39 is 41.6 Å². The van der Waals surface area contributed by atoms with Crippen molar-refractivity contribution in [3.05, 3.63) is 0 Å². The number of carbonyl (C=O) groups excluding carboxylic acids is 4. The molecular weight excluding hydrogens is 440 g/mol. The number of alkyl carbamates (subject to hydrolysis) is 1. The third-order valence-electron chi connectivity index (χ3n) is 4.51. The number of nitrogens with two attached hydrogens (primary N) is 2. The molecule has 0 saturated heterocycles. The summed E-state index contributed by atoms with van der Waals surface area (Å²) in [5.41, 5.74) is 9.85. The molecule has 0 rings (SSSR count). The zero-order valence-corrected chi connectivity index (χ0v) is 21.6. The van der Waals surface area contributed by atoms with Crippen LogP contribution in [0.2, 0.25) is 0 Å². The van der Waals surface area contributed by atoms with Crippen LogP contribution in [0.25, 0.3) is 0 Å². The molecule has 0 fully saturated rings. The molecule has 0 aromatic heterocycles. The Morgan fingerprint density at radius 1 is 0.912 bits per heavy atom. The van der Waals surface area contributed by atoms with Gasteiger partial charge in [-0.05, 0) is 58.3 Å². The van der Waals surface area contributed by atoms with Crippen LogP contribution in [0.1, 0.15) is 74.1 Å². The first-order chi connectivity index (χ1) is 15.6. The molecule has 0 spiro atoms. The van der Waals surface area contributed by atoms with E-state index >= 15 is 0 Å². The quantitative estimate of drug-likeness (QED) is 0.106. The number of amides is 3. The maximum Gasteiger partial charge on any atom is 0.408 e. The predicted molar refractivity (Wildman–Crippen MR) is 132 cm³/mol. The highest BCUT2D eigenvalue weighted by atomic mass is 16.6. The molecule has 0 saturated carbocycles. The molecule has 7 N–H and O–H groups in total. The Balaban J connectivity index is 5.30. The third kappa shape index (κ3) is 15.1. The molecule has 34 heavy (non-hydrogen) atoms. The Hall–Kier alpha value is -2.85. The normalized spacial score (nSPS) is 14.0. The maximum absolute atomic E-state index is 13.0. The highest BCUT2D eigenvalue weighted by Gasteiger charge is 2.30. The summed E-state index contributed by atoms with van der Waals surface area (Å²) in [5.74, 6) is -0.803. The average molecular weight is 485 g/mol. The molecule has 3 atom stereocenters. The topological polar surface area (TPSA) is 178 Å². The smallest absolute Gasteiger partial charge is 0.408 e. The van der Waals surface area contributed by atoms with Crippen molar-refractivity contribution >= 4 is 30.2 Å². The van der Waals surface area contributed by atoms with Gasteiger partial charge in [-0.25, -0.2) is 4.79 Å². The number of rotatable bonds is 14. The monoisotopic (exact) mass is 484 g/mol. The zero-order chi connectivity index (χ0) is 26.5. The first-order valence-corrected chi connectivity index (χ1v) is 11.8. The minimum absolute atomic E-state index is 0.0395. The van der Waals surface area contributed by atoms with E-state index in [-0.39, 0.29) is 17.8 Å². The number of aldehydes is 1. The molecule has 3 amide bonds. The number of guanidine groups is 1. The van der Waals surface area contributed by atoms with Gasteiger partial charge in [0.25, 0.3) is 0 Å². The first kappa shape index (κ1) is 31.1. The number of nitrogens with one attached hydrogen (secondary N) is 3. The second-order valence-electron chi connectivity index (χ2n) is 10.2. The summed E-state index contributed by atoms with van der Waals surface area (Å²) in [6.45, 7) is 13.2. The Kier molecular flexibility index (Phi) is 13.9. The lowest BCUT2D eigenvalue weighted by Gasteiger charge is -2.27. The molecule has 196 valence electrons. The Morgan fingerprint density at radius 2 is 1.41 bits per heavy atom. The van der Waals surface area contributed by atoms with Crippen LogP contribution in [0.3, 0.4) is 0 Å². The molecule has 0 aliphatic rings. The van der Waals surface area contributed by atoms with E-state index in [1.807, 2.05) is 27.7 Å². The lowest BCUT2D eigenvalue weighted by molar-refractivity contribution is -0.131. The van der Waals surface area contributed by atoms with Gasteiger partial charge in [-0.15, -0.1) is 0 Å². The summed E-state index contributed by atoms with van der Waals surface area (Å²) in [7, 11) is 0. The molecule has 0 unspecified atom stereocenters. The van der Waals surface area contributed by atoms with Crippen molar-refractivity contribution in [1.82, 2.24) is 16.0 Å². The van der Waals surface area contributed by atoms with Gasteiger partial charge < -0.3 is 36.9 Å². The van der Waals surface area contributed by atoms with Crippen molar-refractivity contribution in [3.63, 3.8) is 0 Å². The van der Waals surface area contributed by atoms with Gasteiger partial charge in [0.15, 0.2) is 5.96 Å². The summed E-state index contributed by atoms with van der Waals surface area (Å²) >= 11 is 0. The summed E-state index contributed by atoms with van der Waals surface area (Å²) < 4.78 is 5.27. The van der Waals surface area contributed by atoms with Gasteiger partial charge in [0, 0.05) is 6.54 Å². The largest absolute Gasteiger partial charge is 0.444 e. The summed E-state index contributed by atoms with van der Waals surface area (Å²) in [6, 6.07) is -2.49. The summed E-state index contributed by atoms with van der Waals surface area (Å²) in [5, 5.41) is 8.02. The molecule has 11 heteroatoms. The number of nitrogens with zero attached hydrogens (tertiary/aromatic N) is 1. The lowest BCUT2D eigenvalue weighted by Crippen LogP contribution is -2.56. The highest BCUT2D eigenvalue weighted by molar-refractivity contribution is 5.92. The second kappa shape index (κ2) is 15.1. The van der Waals surface area contributed by atoms with Crippen molar-refractivity contribution in [2.45, 2.75) is 97.9 Å². The van der Waals surface area contributed by atoms with Crippen LogP contribution < -0.4 is 27.4 Å². The van der Waals surface area contributed by atoms with Gasteiger partial charge in [-0.1, -0.05) is 27.7 Å². The van der Waals surface area contributed by atoms with Crippen LogP contribution in [0.15, 0.2) is 4.99 Å². The van der Waals surface area contributed by atoms with Gasteiger partial charge in [-0.2, -0.15) is 0 Å². The number of hydrogen-bond donors (Lipinski definition) is 5. The fourth-order valence-corrected chi connectivity index (χ4v) is 3.10. The number of hydrogen-bond acceptors (Lipinski definition) is 6. The molecule has 0 radical (unpaired) electrons. The molecule has 0 bridgehead atoms. The minimum Gasteiger partial charge on any atom is -0.444 e. The van der Waals surface area contributed by atoms with Gasteiger partial charge in [0.05, 0.1) is 6.04 Å². The van der Waals surface area contributed by atoms with E-state index in [1.54, 1.807) is 20.8 Å². The highest BCUT2D eigenvalue weighted by Crippen LogP contribution is 2.11. The van der Waals surface area contributed by atoms with Crippen LogP contribution in [-0.2, 0) is 19.1 Å². The fourth-order valence-electron chi connectivity index (χ4n) is 3.10. The van der Waals surface area contributed by atoms with Crippen molar-refractivity contribution in [2.75, 3.05) is 6.54 Å². The standard InChI is InChI=1S/C23H44N6O5/c1-14(2)11-17(19(31)27-16(13-30)9-8-10-26-21(24)25)28-20(32)18(12-15(3)4)29-22(33)34-23(5,6)7/h13-18H,8-12H2,1-7H3,(H,27,31)(H,28,32)(H,29,33)(H4,24,25,26)/t16-,17-,18+/m1/s1. The van der Waals surface area contributed by atoms with Crippen LogP contribution in [0, 0.1) is 11.8 Å². The molecule has 0 aromatic carbocycles. The minimum atomic E-state index is -0.876. The van der Waals surface area contributed by atoms with Crippen molar-refractivity contribution in [2.24, 2.45) is 28.3 Å². The Morgan fingerprint density at radius 3 is 1.85 bits per heavy atom. The van der Waals surface area contributed by atoms with E-state index in [0.717, 1.165) is 0 Å². The van der Waals surface area contributed by atoms with Crippen molar-refractivity contribution in [1.29, 1.82) is 0 Å². The zero-order valence-electron chi connectivity index (χ0n) is 21.6.